The summed E-state index contributed by atoms with van der Waals surface area (Å²) < 4.78 is 0. The molecule has 0 spiro atoms. The lowest BCUT2D eigenvalue weighted by Gasteiger charge is -2.10. The summed E-state index contributed by atoms with van der Waals surface area (Å²) in [5.41, 5.74) is 11.8. The van der Waals surface area contributed by atoms with Gasteiger partial charge >= 0.3 is 0 Å². The first kappa shape index (κ1) is 17.2. The fraction of sp³-hybridized carbons (Fsp3) is 0.500. The van der Waals surface area contributed by atoms with Gasteiger partial charge in [-0.1, -0.05) is 29.6 Å². The minimum Gasteiger partial charge on any atom is -0.369 e. The van der Waals surface area contributed by atoms with Gasteiger partial charge in [0.2, 0.25) is 5.91 Å². The maximum atomic E-state index is 11.0. The molecule has 1 atom stereocenters. The topological polar surface area (TPSA) is 81.1 Å². The zero-order valence-corrected chi connectivity index (χ0v) is 12.9. The molecule has 0 aliphatic carbocycles. The van der Waals surface area contributed by atoms with Crippen molar-refractivity contribution in [3.05, 3.63) is 33.8 Å². The highest BCUT2D eigenvalue weighted by Gasteiger charge is 2.11. The van der Waals surface area contributed by atoms with E-state index in [0.29, 0.717) is 16.6 Å². The number of nitrogens with two attached hydrogens (primary N) is 2. The summed E-state index contributed by atoms with van der Waals surface area (Å²) in [6.45, 7) is 1.90. The second kappa shape index (κ2) is 9.19. The van der Waals surface area contributed by atoms with Gasteiger partial charge in [0.1, 0.15) is 0 Å². The number of unbranched alkanes of at least 4 members (excludes halogenated alkanes) is 1. The van der Waals surface area contributed by atoms with E-state index in [-0.39, 0.29) is 11.8 Å². The van der Waals surface area contributed by atoms with Crippen molar-refractivity contribution in [3.8, 4) is 0 Å². The Morgan fingerprint density at radius 1 is 1.20 bits per heavy atom. The van der Waals surface area contributed by atoms with Crippen LogP contribution in [0.3, 0.4) is 0 Å². The van der Waals surface area contributed by atoms with Gasteiger partial charge in [-0.05, 0) is 43.1 Å². The number of hydrogen-bond acceptors (Lipinski definition) is 3. The first-order valence-corrected chi connectivity index (χ1v) is 7.43. The molecule has 4 nitrogen and oxygen atoms in total. The maximum absolute atomic E-state index is 11.0. The number of rotatable bonds is 9. The third-order valence-electron chi connectivity index (χ3n) is 3.09. The first-order valence-electron chi connectivity index (χ1n) is 6.68. The van der Waals surface area contributed by atoms with Crippen molar-refractivity contribution in [1.82, 2.24) is 5.32 Å². The summed E-state index contributed by atoms with van der Waals surface area (Å²) in [6.07, 6.45) is 2.64. The van der Waals surface area contributed by atoms with Crippen LogP contribution in [0.1, 0.15) is 24.8 Å². The number of primary amides is 1. The molecule has 0 saturated heterocycles. The summed E-state index contributed by atoms with van der Waals surface area (Å²) in [5.74, 6) is -0.518. The summed E-state index contributed by atoms with van der Waals surface area (Å²) in [4.78, 5) is 11.0. The van der Waals surface area contributed by atoms with E-state index in [2.05, 4.69) is 5.32 Å². The van der Waals surface area contributed by atoms with E-state index < -0.39 is 0 Å². The molecule has 5 N–H and O–H groups in total. The van der Waals surface area contributed by atoms with Gasteiger partial charge in [-0.2, -0.15) is 0 Å². The summed E-state index contributed by atoms with van der Waals surface area (Å²) in [7, 11) is 0. The fourth-order valence-corrected chi connectivity index (χ4v) is 2.53. The lowest BCUT2D eigenvalue weighted by Crippen LogP contribution is -2.29. The Morgan fingerprint density at radius 2 is 1.85 bits per heavy atom. The van der Waals surface area contributed by atoms with Crippen molar-refractivity contribution in [2.24, 2.45) is 17.4 Å². The number of nitrogens with one attached hydrogen (secondary N) is 1. The SMILES string of the molecule is NCC(CCCCNCc1cc(Cl)cc(Cl)c1)C(N)=O. The lowest BCUT2D eigenvalue weighted by atomic mass is 10.0. The number of carbonyl (C=O) groups excluding carboxylic acids is 1. The van der Waals surface area contributed by atoms with Gasteiger partial charge < -0.3 is 16.8 Å². The van der Waals surface area contributed by atoms with E-state index in [9.17, 15) is 4.79 Å². The number of carbonyl (C=O) groups is 1. The van der Waals surface area contributed by atoms with E-state index >= 15 is 0 Å². The molecule has 1 amide bonds. The zero-order chi connectivity index (χ0) is 15.0. The van der Waals surface area contributed by atoms with Gasteiger partial charge in [-0.3, -0.25) is 4.79 Å². The molecule has 6 heteroatoms. The molecule has 112 valence electrons. The average molecular weight is 318 g/mol. The van der Waals surface area contributed by atoms with E-state index in [4.69, 9.17) is 34.7 Å². The predicted molar refractivity (Wildman–Crippen MR) is 83.8 cm³/mol. The Kier molecular flexibility index (Phi) is 7.92. The van der Waals surface area contributed by atoms with Crippen LogP contribution in [0.2, 0.25) is 10.0 Å². The van der Waals surface area contributed by atoms with Crippen LogP contribution in [-0.4, -0.2) is 19.0 Å². The second-order valence-electron chi connectivity index (χ2n) is 4.79. The lowest BCUT2D eigenvalue weighted by molar-refractivity contribution is -0.121. The minimum atomic E-state index is -0.311. The molecule has 0 fully saturated rings. The molecule has 0 radical (unpaired) electrons. The van der Waals surface area contributed by atoms with Crippen molar-refractivity contribution >= 4 is 29.1 Å². The van der Waals surface area contributed by atoms with Gasteiger partial charge in [0.05, 0.1) is 0 Å². The highest BCUT2D eigenvalue weighted by Crippen LogP contribution is 2.18. The van der Waals surface area contributed by atoms with Crippen LogP contribution in [0.15, 0.2) is 18.2 Å². The molecular formula is C14H21Cl2N3O. The fourth-order valence-electron chi connectivity index (χ4n) is 1.96. The Labute approximate surface area is 129 Å². The van der Waals surface area contributed by atoms with E-state index in [1.165, 1.54) is 0 Å². The van der Waals surface area contributed by atoms with Gasteiger partial charge in [0.15, 0.2) is 0 Å². The number of benzene rings is 1. The third kappa shape index (κ3) is 6.57. The standard InChI is InChI=1S/C14H21Cl2N3O/c15-12-5-10(6-13(16)7-12)9-19-4-2-1-3-11(8-17)14(18)20/h5-7,11,19H,1-4,8-9,17H2,(H2,18,20). The van der Waals surface area contributed by atoms with Crippen molar-refractivity contribution in [2.75, 3.05) is 13.1 Å². The number of hydrogen-bond donors (Lipinski definition) is 3. The van der Waals surface area contributed by atoms with Crippen molar-refractivity contribution in [3.63, 3.8) is 0 Å². The summed E-state index contributed by atoms with van der Waals surface area (Å²) >= 11 is 11.9. The molecule has 1 aromatic carbocycles. The monoisotopic (exact) mass is 317 g/mol. The van der Waals surface area contributed by atoms with Gasteiger partial charge in [-0.15, -0.1) is 0 Å². The van der Waals surface area contributed by atoms with E-state index in [1.54, 1.807) is 6.07 Å². The molecule has 0 aliphatic rings. The largest absolute Gasteiger partial charge is 0.369 e. The second-order valence-corrected chi connectivity index (χ2v) is 5.66. The average Bonchev–Trinajstić information content (AvgIpc) is 2.36. The van der Waals surface area contributed by atoms with Crippen molar-refractivity contribution in [1.29, 1.82) is 0 Å². The van der Waals surface area contributed by atoms with Crippen LogP contribution in [0.5, 0.6) is 0 Å². The molecule has 0 aliphatic heterocycles. The van der Waals surface area contributed by atoms with Crippen LogP contribution in [0, 0.1) is 5.92 Å². The molecule has 0 aromatic heterocycles. The molecular weight excluding hydrogens is 297 g/mol. The minimum absolute atomic E-state index is 0.207. The van der Waals surface area contributed by atoms with Crippen molar-refractivity contribution < 1.29 is 4.79 Å². The molecule has 1 rings (SSSR count). The molecule has 0 bridgehead atoms. The van der Waals surface area contributed by atoms with E-state index in [1.807, 2.05) is 12.1 Å². The Balaban J connectivity index is 2.17. The molecule has 0 heterocycles. The Bertz CT molecular complexity index is 420. The Morgan fingerprint density at radius 3 is 2.40 bits per heavy atom. The molecule has 0 saturated carbocycles. The predicted octanol–water partition coefficient (Wildman–Crippen LogP) is 2.31. The molecule has 1 aromatic rings. The van der Waals surface area contributed by atoms with Crippen LogP contribution in [-0.2, 0) is 11.3 Å². The van der Waals surface area contributed by atoms with Crippen LogP contribution in [0.4, 0.5) is 0 Å². The number of amides is 1. The molecule has 20 heavy (non-hydrogen) atoms. The first-order chi connectivity index (χ1) is 9.52. The van der Waals surface area contributed by atoms with E-state index in [0.717, 1.165) is 37.9 Å². The van der Waals surface area contributed by atoms with Gasteiger partial charge in [0, 0.05) is 29.1 Å². The maximum Gasteiger partial charge on any atom is 0.221 e. The summed E-state index contributed by atoms with van der Waals surface area (Å²) in [5, 5.41) is 4.59. The summed E-state index contributed by atoms with van der Waals surface area (Å²) in [6, 6.07) is 5.49. The molecule has 1 unspecified atom stereocenters. The highest BCUT2D eigenvalue weighted by molar-refractivity contribution is 6.34. The van der Waals surface area contributed by atoms with Crippen molar-refractivity contribution in [2.45, 2.75) is 25.8 Å². The third-order valence-corrected chi connectivity index (χ3v) is 3.53. The highest BCUT2D eigenvalue weighted by atomic mass is 35.5. The Hall–Kier alpha value is -0.810. The van der Waals surface area contributed by atoms with Crippen LogP contribution >= 0.6 is 23.2 Å². The normalized spacial score (nSPS) is 12.3. The quantitative estimate of drug-likeness (QED) is 0.611. The zero-order valence-electron chi connectivity index (χ0n) is 11.4. The number of halogens is 2. The smallest absolute Gasteiger partial charge is 0.221 e. The van der Waals surface area contributed by atoms with Gasteiger partial charge in [-0.25, -0.2) is 0 Å². The van der Waals surface area contributed by atoms with Crippen LogP contribution < -0.4 is 16.8 Å². The van der Waals surface area contributed by atoms with Crippen LogP contribution in [0.25, 0.3) is 0 Å². The van der Waals surface area contributed by atoms with Gasteiger partial charge in [0.25, 0.3) is 0 Å².